The van der Waals surface area contributed by atoms with Crippen LogP contribution in [0.5, 0.6) is 0 Å². The Bertz CT molecular complexity index is 1170. The van der Waals surface area contributed by atoms with Gasteiger partial charge >= 0.3 is 0 Å². The molecule has 0 aliphatic carbocycles. The Kier molecular flexibility index (Phi) is 3.96. The smallest absolute Gasteiger partial charge is 0.200 e. The normalized spacial score (nSPS) is 11.9. The van der Waals surface area contributed by atoms with Gasteiger partial charge in [0.2, 0.25) is 5.82 Å². The number of benzene rings is 3. The Labute approximate surface area is 148 Å². The Morgan fingerprint density at radius 1 is 0.731 bits per heavy atom. The van der Waals surface area contributed by atoms with E-state index < -0.39 is 34.6 Å². The number of halogens is 5. The first-order valence-corrected chi connectivity index (χ1v) is 8.27. The number of aromatic nitrogens is 1. The third-order valence-corrected chi connectivity index (χ3v) is 4.92. The molecule has 0 saturated carbocycles. The Morgan fingerprint density at radius 2 is 1.38 bits per heavy atom. The number of thiazole rings is 1. The molecule has 7 heteroatoms. The molecule has 0 N–H and O–H groups in total. The lowest BCUT2D eigenvalue weighted by Crippen LogP contribution is -2.03. The largest absolute Gasteiger partial charge is 0.236 e. The van der Waals surface area contributed by atoms with Crippen molar-refractivity contribution in [2.45, 2.75) is 0 Å². The summed E-state index contributed by atoms with van der Waals surface area (Å²) in [7, 11) is 0. The summed E-state index contributed by atoms with van der Waals surface area (Å²) in [5, 5.41) is 2.29. The van der Waals surface area contributed by atoms with Crippen LogP contribution < -0.4 is 0 Å². The molecule has 0 spiro atoms. The van der Waals surface area contributed by atoms with Crippen LogP contribution in [0.15, 0.2) is 36.4 Å². The van der Waals surface area contributed by atoms with Crippen LogP contribution in [0.2, 0.25) is 0 Å². The second kappa shape index (κ2) is 6.17. The zero-order valence-electron chi connectivity index (χ0n) is 12.9. The molecule has 0 aliphatic rings. The molecule has 0 atom stereocenters. The first-order valence-electron chi connectivity index (χ1n) is 7.45. The van der Waals surface area contributed by atoms with E-state index in [1.807, 2.05) is 36.4 Å². The van der Waals surface area contributed by atoms with Crippen LogP contribution in [-0.2, 0) is 0 Å². The van der Waals surface area contributed by atoms with Crippen molar-refractivity contribution >= 4 is 44.5 Å². The zero-order valence-corrected chi connectivity index (χ0v) is 13.7. The summed E-state index contributed by atoms with van der Waals surface area (Å²) in [6.45, 7) is 0. The number of fused-ring (bicyclic) bond motifs is 3. The van der Waals surface area contributed by atoms with Crippen molar-refractivity contribution in [3.63, 3.8) is 0 Å². The number of hydrogen-bond acceptors (Lipinski definition) is 2. The molecule has 26 heavy (non-hydrogen) atoms. The van der Waals surface area contributed by atoms with Gasteiger partial charge in [-0.25, -0.2) is 26.9 Å². The quantitative estimate of drug-likeness (QED) is 0.226. The summed E-state index contributed by atoms with van der Waals surface area (Å²) in [5.74, 6) is -9.87. The Hall–Kier alpha value is -2.80. The van der Waals surface area contributed by atoms with Gasteiger partial charge in [0.15, 0.2) is 23.3 Å². The van der Waals surface area contributed by atoms with Crippen molar-refractivity contribution in [2.24, 2.45) is 0 Å². The van der Waals surface area contributed by atoms with Crippen molar-refractivity contribution in [1.29, 1.82) is 0 Å². The summed E-state index contributed by atoms with van der Waals surface area (Å²) in [6, 6.07) is 11.4. The van der Waals surface area contributed by atoms with Crippen LogP contribution in [0.1, 0.15) is 10.6 Å². The van der Waals surface area contributed by atoms with Crippen LogP contribution in [0.3, 0.4) is 0 Å². The molecule has 4 aromatic rings. The van der Waals surface area contributed by atoms with Crippen molar-refractivity contribution in [3.05, 3.63) is 76.1 Å². The molecule has 130 valence electrons. The number of nitrogens with zero attached hydrogens (tertiary/aromatic N) is 1. The highest BCUT2D eigenvalue weighted by Gasteiger charge is 2.24. The molecule has 1 aromatic heterocycles. The van der Waals surface area contributed by atoms with E-state index in [9.17, 15) is 22.0 Å². The minimum absolute atomic E-state index is 0.389. The van der Waals surface area contributed by atoms with Gasteiger partial charge in [0.05, 0.1) is 15.8 Å². The lowest BCUT2D eigenvalue weighted by molar-refractivity contribution is 0.377. The molecule has 3 aromatic carbocycles. The van der Waals surface area contributed by atoms with Crippen molar-refractivity contribution < 1.29 is 22.0 Å². The van der Waals surface area contributed by atoms with E-state index >= 15 is 0 Å². The molecular weight excluding hydrogens is 369 g/mol. The number of rotatable bonds is 2. The Balaban J connectivity index is 1.82. The molecular formula is C19H8F5NS. The minimum atomic E-state index is -2.18. The molecule has 0 amide bonds. The third kappa shape index (κ3) is 2.55. The second-order valence-corrected chi connectivity index (χ2v) is 6.56. The van der Waals surface area contributed by atoms with Crippen LogP contribution in [-0.4, -0.2) is 4.98 Å². The van der Waals surface area contributed by atoms with Gasteiger partial charge in [-0.15, -0.1) is 11.3 Å². The molecule has 0 radical (unpaired) electrons. The highest BCUT2D eigenvalue weighted by Crippen LogP contribution is 2.31. The molecule has 0 aliphatic heterocycles. The average molecular weight is 377 g/mol. The lowest BCUT2D eigenvalue weighted by Gasteiger charge is -2.03. The minimum Gasteiger partial charge on any atom is -0.236 e. The van der Waals surface area contributed by atoms with E-state index in [4.69, 9.17) is 0 Å². The maximum Gasteiger partial charge on any atom is 0.200 e. The van der Waals surface area contributed by atoms with Crippen LogP contribution in [0, 0.1) is 29.1 Å². The maximum atomic E-state index is 13.7. The molecule has 0 fully saturated rings. The van der Waals surface area contributed by atoms with E-state index in [0.717, 1.165) is 21.5 Å². The fourth-order valence-electron chi connectivity index (χ4n) is 2.67. The van der Waals surface area contributed by atoms with Crippen molar-refractivity contribution in [1.82, 2.24) is 4.98 Å². The van der Waals surface area contributed by atoms with Crippen LogP contribution in [0.25, 0.3) is 33.1 Å². The van der Waals surface area contributed by atoms with Gasteiger partial charge in [-0.2, -0.15) is 0 Å². The second-order valence-electron chi connectivity index (χ2n) is 5.50. The first kappa shape index (κ1) is 16.7. The van der Waals surface area contributed by atoms with E-state index in [1.165, 1.54) is 17.4 Å². The summed E-state index contributed by atoms with van der Waals surface area (Å²) in [6.07, 6.45) is 2.08. The monoisotopic (exact) mass is 377 g/mol. The zero-order chi connectivity index (χ0) is 18.4. The van der Waals surface area contributed by atoms with Gasteiger partial charge in [0.25, 0.3) is 0 Å². The standard InChI is InChI=1S/C19H8F5NS/c20-14-11(15(21)17(23)18(24)16(14)22)6-8-13-25-19-10-4-2-1-3-9(10)5-7-12(19)26-13/h1-8H/b8-6+. The summed E-state index contributed by atoms with van der Waals surface area (Å²) >= 11 is 1.25. The fourth-order valence-corrected chi connectivity index (χ4v) is 3.56. The fraction of sp³-hybridized carbons (Fsp3) is 0. The number of hydrogen-bond donors (Lipinski definition) is 0. The maximum absolute atomic E-state index is 13.7. The topological polar surface area (TPSA) is 12.9 Å². The van der Waals surface area contributed by atoms with Gasteiger partial charge in [0, 0.05) is 5.39 Å². The summed E-state index contributed by atoms with van der Waals surface area (Å²) < 4.78 is 67.9. The van der Waals surface area contributed by atoms with E-state index in [1.54, 1.807) is 0 Å². The lowest BCUT2D eigenvalue weighted by atomic mass is 10.1. The van der Waals surface area contributed by atoms with Gasteiger partial charge in [-0.3, -0.25) is 0 Å². The van der Waals surface area contributed by atoms with Crippen molar-refractivity contribution in [2.75, 3.05) is 0 Å². The highest BCUT2D eigenvalue weighted by atomic mass is 32.1. The molecule has 0 saturated heterocycles. The van der Waals surface area contributed by atoms with Gasteiger partial charge < -0.3 is 0 Å². The highest BCUT2D eigenvalue weighted by molar-refractivity contribution is 7.19. The van der Waals surface area contributed by atoms with Crippen LogP contribution >= 0.6 is 11.3 Å². The van der Waals surface area contributed by atoms with Gasteiger partial charge in [-0.05, 0) is 23.6 Å². The molecule has 0 unspecified atom stereocenters. The Morgan fingerprint density at radius 3 is 2.12 bits per heavy atom. The summed E-state index contributed by atoms with van der Waals surface area (Å²) in [5.41, 5.74) is -0.282. The predicted octanol–water partition coefficient (Wildman–Crippen LogP) is 6.32. The van der Waals surface area contributed by atoms with E-state index in [2.05, 4.69) is 4.98 Å². The van der Waals surface area contributed by atoms with Crippen LogP contribution in [0.4, 0.5) is 22.0 Å². The molecule has 1 heterocycles. The van der Waals surface area contributed by atoms with E-state index in [0.29, 0.717) is 10.5 Å². The first-order chi connectivity index (χ1) is 12.5. The van der Waals surface area contributed by atoms with Gasteiger partial charge in [0.1, 0.15) is 5.01 Å². The van der Waals surface area contributed by atoms with Gasteiger partial charge in [-0.1, -0.05) is 30.3 Å². The molecule has 1 nitrogen and oxygen atoms in total. The predicted molar refractivity (Wildman–Crippen MR) is 92.3 cm³/mol. The molecule has 4 rings (SSSR count). The molecule has 0 bridgehead atoms. The third-order valence-electron chi connectivity index (χ3n) is 3.94. The van der Waals surface area contributed by atoms with E-state index in [-0.39, 0.29) is 0 Å². The average Bonchev–Trinajstić information content (AvgIpc) is 3.08. The summed E-state index contributed by atoms with van der Waals surface area (Å²) in [4.78, 5) is 4.40. The SMILES string of the molecule is Fc1c(F)c(F)c(/C=C/c2nc3c(ccc4ccccc43)s2)c(F)c1F. The van der Waals surface area contributed by atoms with Crippen molar-refractivity contribution in [3.8, 4) is 0 Å².